The summed E-state index contributed by atoms with van der Waals surface area (Å²) in [4.78, 5) is 22.9. The van der Waals surface area contributed by atoms with Gasteiger partial charge in [-0.15, -0.1) is 0 Å². The molecule has 1 N–H and O–H groups in total. The number of benzene rings is 3. The van der Waals surface area contributed by atoms with E-state index < -0.39 is 0 Å². The van der Waals surface area contributed by atoms with E-state index in [1.165, 1.54) is 16.0 Å². The Balaban J connectivity index is 1.68. The van der Waals surface area contributed by atoms with E-state index in [2.05, 4.69) is 10.1 Å². The van der Waals surface area contributed by atoms with Gasteiger partial charge in [-0.1, -0.05) is 53.8 Å². The fraction of sp³-hybridized carbons (Fsp3) is 0.0800. The van der Waals surface area contributed by atoms with Gasteiger partial charge >= 0.3 is 0 Å². The summed E-state index contributed by atoms with van der Waals surface area (Å²) in [7, 11) is 1.62. The molecule has 6 nitrogen and oxygen atoms in total. The highest BCUT2D eigenvalue weighted by atomic mass is 32.1. The van der Waals surface area contributed by atoms with Gasteiger partial charge in [0.2, 0.25) is 5.13 Å². The lowest BCUT2D eigenvalue weighted by atomic mass is 10.1. The van der Waals surface area contributed by atoms with Crippen LogP contribution in [0.25, 0.3) is 26.6 Å². The highest BCUT2D eigenvalue weighted by molar-refractivity contribution is 7.20. The highest BCUT2D eigenvalue weighted by Crippen LogP contribution is 2.27. The van der Waals surface area contributed by atoms with E-state index in [9.17, 15) is 4.79 Å². The molecule has 5 aromatic rings. The lowest BCUT2D eigenvalue weighted by Gasteiger charge is -2.03. The Morgan fingerprint density at radius 2 is 1.72 bits per heavy atom. The van der Waals surface area contributed by atoms with Crippen molar-refractivity contribution in [2.45, 2.75) is 6.92 Å². The predicted molar refractivity (Wildman–Crippen MR) is 130 cm³/mol. The van der Waals surface area contributed by atoms with Crippen LogP contribution >= 0.6 is 11.3 Å². The first kappa shape index (κ1) is 20.0. The SMILES string of the molecule is COc1ccc(N=C(C)c2c(-c3ccccc3)[nH]n(-c3nc4ccccc4s3)c2=O)cc1. The van der Waals surface area contributed by atoms with E-state index in [1.54, 1.807) is 7.11 Å². The molecule has 2 heterocycles. The Morgan fingerprint density at radius 1 is 1.00 bits per heavy atom. The number of aliphatic imine (C=N–C) groups is 1. The molecule has 0 saturated heterocycles. The van der Waals surface area contributed by atoms with Crippen molar-refractivity contribution in [1.29, 1.82) is 0 Å². The molecule has 158 valence electrons. The predicted octanol–water partition coefficient (Wildman–Crippen LogP) is 5.59. The van der Waals surface area contributed by atoms with Gasteiger partial charge in [-0.3, -0.25) is 14.9 Å². The molecule has 7 heteroatoms. The van der Waals surface area contributed by atoms with Gasteiger partial charge in [0, 0.05) is 5.56 Å². The molecule has 0 bridgehead atoms. The average Bonchev–Trinajstić information content (AvgIpc) is 3.41. The van der Waals surface area contributed by atoms with E-state index >= 15 is 0 Å². The normalized spacial score (nSPS) is 11.8. The lowest BCUT2D eigenvalue weighted by Crippen LogP contribution is -2.19. The molecular formula is C25H20N4O2S. The number of aromatic amines is 1. The number of methoxy groups -OCH3 is 1. The van der Waals surface area contributed by atoms with Crippen LogP contribution in [0.1, 0.15) is 12.5 Å². The van der Waals surface area contributed by atoms with Crippen molar-refractivity contribution in [2.75, 3.05) is 7.11 Å². The third kappa shape index (κ3) is 3.63. The zero-order chi connectivity index (χ0) is 22.1. The number of nitrogens with zero attached hydrogens (tertiary/aromatic N) is 3. The van der Waals surface area contributed by atoms with Crippen molar-refractivity contribution in [3.05, 3.63) is 94.8 Å². The Kier molecular flexibility index (Phi) is 5.17. The molecule has 32 heavy (non-hydrogen) atoms. The molecule has 0 unspecified atom stereocenters. The van der Waals surface area contributed by atoms with Gasteiger partial charge in [-0.05, 0) is 43.3 Å². The molecule has 0 atom stereocenters. The maximum Gasteiger partial charge on any atom is 0.283 e. The van der Waals surface area contributed by atoms with Crippen LogP contribution in [0.5, 0.6) is 5.75 Å². The van der Waals surface area contributed by atoms with Crippen molar-refractivity contribution in [3.63, 3.8) is 0 Å². The number of H-pyrrole nitrogens is 1. The minimum absolute atomic E-state index is 0.183. The third-order valence-corrected chi connectivity index (χ3v) is 6.18. The van der Waals surface area contributed by atoms with Gasteiger partial charge in [0.05, 0.1) is 40.0 Å². The number of aromatic nitrogens is 3. The molecule has 3 aromatic carbocycles. The number of rotatable bonds is 5. The molecule has 0 spiro atoms. The quantitative estimate of drug-likeness (QED) is 0.362. The van der Waals surface area contributed by atoms with E-state index in [0.29, 0.717) is 22.1 Å². The Morgan fingerprint density at radius 3 is 2.44 bits per heavy atom. The number of fused-ring (bicyclic) bond motifs is 1. The van der Waals surface area contributed by atoms with Crippen molar-refractivity contribution in [1.82, 2.24) is 14.8 Å². The maximum absolute atomic E-state index is 13.6. The van der Waals surface area contributed by atoms with Gasteiger partial charge in [-0.2, -0.15) is 4.68 Å². The van der Waals surface area contributed by atoms with Crippen molar-refractivity contribution in [2.24, 2.45) is 4.99 Å². The molecule has 0 amide bonds. The number of ether oxygens (including phenoxy) is 1. The maximum atomic E-state index is 13.6. The van der Waals surface area contributed by atoms with Crippen LogP contribution < -0.4 is 10.3 Å². The summed E-state index contributed by atoms with van der Waals surface area (Å²) in [6, 6.07) is 25.1. The van der Waals surface area contributed by atoms with Crippen LogP contribution in [0.2, 0.25) is 0 Å². The second-order valence-corrected chi connectivity index (χ2v) is 8.24. The number of hydrogen-bond donors (Lipinski definition) is 1. The zero-order valence-electron chi connectivity index (χ0n) is 17.6. The summed E-state index contributed by atoms with van der Waals surface area (Å²) in [6.45, 7) is 1.85. The van der Waals surface area contributed by atoms with Gasteiger partial charge in [0.1, 0.15) is 5.75 Å². The smallest absolute Gasteiger partial charge is 0.283 e. The van der Waals surface area contributed by atoms with Crippen LogP contribution in [-0.2, 0) is 0 Å². The lowest BCUT2D eigenvalue weighted by molar-refractivity contribution is 0.415. The molecule has 0 fully saturated rings. The Labute approximate surface area is 188 Å². The monoisotopic (exact) mass is 440 g/mol. The van der Waals surface area contributed by atoms with Gasteiger partial charge in [-0.25, -0.2) is 4.98 Å². The van der Waals surface area contributed by atoms with Gasteiger partial charge in [0.25, 0.3) is 5.56 Å². The molecule has 0 aliphatic rings. The van der Waals surface area contributed by atoms with E-state index in [4.69, 9.17) is 9.73 Å². The fourth-order valence-electron chi connectivity index (χ4n) is 3.58. The average molecular weight is 441 g/mol. The molecule has 2 aromatic heterocycles. The molecule has 5 rings (SSSR count). The summed E-state index contributed by atoms with van der Waals surface area (Å²) in [5, 5.41) is 3.87. The van der Waals surface area contributed by atoms with Crippen molar-refractivity contribution < 1.29 is 4.74 Å². The van der Waals surface area contributed by atoms with Crippen LogP contribution in [0.3, 0.4) is 0 Å². The summed E-state index contributed by atoms with van der Waals surface area (Å²) >= 11 is 1.47. The topological polar surface area (TPSA) is 72.3 Å². The standard InChI is InChI=1S/C25H20N4O2S/c1-16(26-18-12-14-19(31-2)15-13-18)22-23(17-8-4-3-5-9-17)28-29(24(22)30)25-27-20-10-6-7-11-21(20)32-25/h3-15,28H,1-2H3. The number of nitrogens with one attached hydrogen (secondary N) is 1. The first-order valence-electron chi connectivity index (χ1n) is 10.1. The fourth-order valence-corrected chi connectivity index (χ4v) is 4.51. The van der Waals surface area contributed by atoms with Crippen molar-refractivity contribution in [3.8, 4) is 22.1 Å². The van der Waals surface area contributed by atoms with E-state index in [0.717, 1.165) is 27.2 Å². The third-order valence-electron chi connectivity index (χ3n) is 5.16. The van der Waals surface area contributed by atoms with Crippen LogP contribution in [0, 0.1) is 0 Å². The molecule has 0 aliphatic heterocycles. The molecular weight excluding hydrogens is 420 g/mol. The molecule has 0 saturated carbocycles. The first-order valence-corrected chi connectivity index (χ1v) is 10.9. The summed E-state index contributed by atoms with van der Waals surface area (Å²) in [5.41, 5.74) is 4.18. The second kappa shape index (κ2) is 8.28. The Hall–Kier alpha value is -3.97. The number of hydrogen-bond acceptors (Lipinski definition) is 5. The first-order chi connectivity index (χ1) is 15.6. The molecule has 0 radical (unpaired) electrons. The largest absolute Gasteiger partial charge is 0.497 e. The van der Waals surface area contributed by atoms with E-state index in [1.807, 2.05) is 85.8 Å². The highest BCUT2D eigenvalue weighted by Gasteiger charge is 2.21. The van der Waals surface area contributed by atoms with Crippen LogP contribution in [0.15, 0.2) is 88.6 Å². The summed E-state index contributed by atoms with van der Waals surface area (Å²) in [6.07, 6.45) is 0. The van der Waals surface area contributed by atoms with Crippen LogP contribution in [0.4, 0.5) is 5.69 Å². The number of para-hydroxylation sites is 1. The molecule has 0 aliphatic carbocycles. The van der Waals surface area contributed by atoms with Crippen molar-refractivity contribution >= 4 is 33.0 Å². The van der Waals surface area contributed by atoms with E-state index in [-0.39, 0.29) is 5.56 Å². The Bertz CT molecular complexity index is 1450. The number of thiazole rings is 1. The second-order valence-electron chi connectivity index (χ2n) is 7.23. The minimum Gasteiger partial charge on any atom is -0.497 e. The summed E-state index contributed by atoms with van der Waals surface area (Å²) < 4.78 is 7.75. The zero-order valence-corrected chi connectivity index (χ0v) is 18.4. The van der Waals surface area contributed by atoms with Crippen LogP contribution in [-0.4, -0.2) is 27.6 Å². The van der Waals surface area contributed by atoms with Gasteiger partial charge in [0.15, 0.2) is 0 Å². The minimum atomic E-state index is -0.183. The summed E-state index contributed by atoms with van der Waals surface area (Å²) in [5.74, 6) is 0.756. The van der Waals surface area contributed by atoms with Gasteiger partial charge < -0.3 is 4.74 Å².